The molecule has 0 amide bonds. The lowest BCUT2D eigenvalue weighted by molar-refractivity contribution is -0.140. The van der Waals surface area contributed by atoms with Gasteiger partial charge in [0.15, 0.2) is 5.96 Å². The van der Waals surface area contributed by atoms with Crippen molar-refractivity contribution in [1.82, 2.24) is 10.6 Å². The summed E-state index contributed by atoms with van der Waals surface area (Å²) in [5.74, 6) is 1.75. The quantitative estimate of drug-likeness (QED) is 0.233. The summed E-state index contributed by atoms with van der Waals surface area (Å²) < 4.78 is 16.1. The second-order valence-corrected chi connectivity index (χ2v) is 6.60. The lowest BCUT2D eigenvalue weighted by atomic mass is 10.1. The highest BCUT2D eigenvalue weighted by atomic mass is 127. The molecule has 1 heterocycles. The van der Waals surface area contributed by atoms with E-state index in [1.165, 1.54) is 7.11 Å². The molecule has 8 heteroatoms. The number of esters is 1. The minimum absolute atomic E-state index is 0. The molecule has 1 saturated heterocycles. The maximum atomic E-state index is 11.2. The zero-order valence-electron chi connectivity index (χ0n) is 17.0. The van der Waals surface area contributed by atoms with Crippen molar-refractivity contribution in [2.75, 3.05) is 40.0 Å². The molecule has 0 saturated carbocycles. The number of benzene rings is 1. The molecule has 2 N–H and O–H groups in total. The summed E-state index contributed by atoms with van der Waals surface area (Å²) in [4.78, 5) is 15.9. The summed E-state index contributed by atoms with van der Waals surface area (Å²) in [5.41, 5.74) is 2.19. The molecule has 1 fully saturated rings. The van der Waals surface area contributed by atoms with Crippen LogP contribution in [0.2, 0.25) is 0 Å². The van der Waals surface area contributed by atoms with Crippen LogP contribution in [0.3, 0.4) is 0 Å². The van der Waals surface area contributed by atoms with Crippen LogP contribution in [0.25, 0.3) is 0 Å². The number of hydrogen-bond donors (Lipinski definition) is 2. The van der Waals surface area contributed by atoms with E-state index in [0.29, 0.717) is 38.0 Å². The molecule has 2 rings (SSSR count). The number of rotatable bonds is 9. The molecule has 1 aliphatic heterocycles. The highest BCUT2D eigenvalue weighted by molar-refractivity contribution is 14.0. The molecule has 1 atom stereocenters. The number of nitrogens with one attached hydrogen (secondary N) is 2. The Hall–Kier alpha value is -1.55. The van der Waals surface area contributed by atoms with Crippen LogP contribution in [0.15, 0.2) is 23.2 Å². The van der Waals surface area contributed by atoms with Gasteiger partial charge in [0.05, 0.1) is 33.3 Å². The Labute approximate surface area is 184 Å². The second-order valence-electron chi connectivity index (χ2n) is 6.60. The van der Waals surface area contributed by atoms with Crippen LogP contribution in [0.1, 0.15) is 30.9 Å². The first kappa shape index (κ1) is 24.5. The van der Waals surface area contributed by atoms with E-state index in [2.05, 4.69) is 45.5 Å². The van der Waals surface area contributed by atoms with Crippen molar-refractivity contribution in [3.63, 3.8) is 0 Å². The highest BCUT2D eigenvalue weighted by Crippen LogP contribution is 2.23. The van der Waals surface area contributed by atoms with E-state index in [1.807, 2.05) is 6.92 Å². The summed E-state index contributed by atoms with van der Waals surface area (Å²) in [6.45, 7) is 8.01. The third-order valence-electron chi connectivity index (χ3n) is 4.32. The van der Waals surface area contributed by atoms with E-state index in [-0.39, 0.29) is 29.9 Å². The third kappa shape index (κ3) is 8.64. The predicted molar refractivity (Wildman–Crippen MR) is 120 cm³/mol. The van der Waals surface area contributed by atoms with Crippen LogP contribution < -0.4 is 15.4 Å². The number of ether oxygens (including phenoxy) is 3. The van der Waals surface area contributed by atoms with Gasteiger partial charge in [0.25, 0.3) is 0 Å². The van der Waals surface area contributed by atoms with Gasteiger partial charge >= 0.3 is 5.97 Å². The number of methoxy groups -OCH3 is 1. The molecule has 158 valence electrons. The molecule has 1 aromatic rings. The zero-order valence-corrected chi connectivity index (χ0v) is 19.3. The van der Waals surface area contributed by atoms with Gasteiger partial charge in [0, 0.05) is 31.2 Å². The zero-order chi connectivity index (χ0) is 19.5. The lowest BCUT2D eigenvalue weighted by Crippen LogP contribution is -2.38. The molecule has 7 nitrogen and oxygen atoms in total. The van der Waals surface area contributed by atoms with Gasteiger partial charge in [0.2, 0.25) is 0 Å². The van der Waals surface area contributed by atoms with Crippen molar-refractivity contribution in [2.24, 2.45) is 10.9 Å². The maximum absolute atomic E-state index is 11.2. The standard InChI is InChI=1S/C20H31N3O4.HI/c1-4-21-20(22-9-7-19(24)25-3)23-12-17-6-5-15(2)11-18(17)27-14-16-8-10-26-13-16;/h5-6,11,16H,4,7-10,12-14H2,1-3H3,(H2,21,22,23);1H. The van der Waals surface area contributed by atoms with Gasteiger partial charge in [-0.1, -0.05) is 12.1 Å². The smallest absolute Gasteiger partial charge is 0.307 e. The Morgan fingerprint density at radius 2 is 2.18 bits per heavy atom. The topological polar surface area (TPSA) is 81.2 Å². The SMILES string of the molecule is CCNC(=NCc1ccc(C)cc1OCC1CCOC1)NCCC(=O)OC.I. The predicted octanol–water partition coefficient (Wildman–Crippen LogP) is 2.65. The molecule has 0 bridgehead atoms. The van der Waals surface area contributed by atoms with Crippen molar-refractivity contribution in [2.45, 2.75) is 33.2 Å². The van der Waals surface area contributed by atoms with Gasteiger partial charge in [-0.3, -0.25) is 4.79 Å². The summed E-state index contributed by atoms with van der Waals surface area (Å²) in [6.07, 6.45) is 1.34. The normalized spacial score (nSPS) is 16.2. The first-order chi connectivity index (χ1) is 13.1. The molecule has 28 heavy (non-hydrogen) atoms. The van der Waals surface area contributed by atoms with E-state index in [0.717, 1.165) is 43.1 Å². The molecule has 1 aromatic carbocycles. The maximum Gasteiger partial charge on any atom is 0.307 e. The molecule has 1 unspecified atom stereocenters. The van der Waals surface area contributed by atoms with Crippen molar-refractivity contribution < 1.29 is 19.0 Å². The van der Waals surface area contributed by atoms with Crippen LogP contribution in [0, 0.1) is 12.8 Å². The van der Waals surface area contributed by atoms with E-state index in [1.54, 1.807) is 0 Å². The van der Waals surface area contributed by atoms with Gasteiger partial charge in [-0.25, -0.2) is 4.99 Å². The number of aliphatic imine (C=N–C) groups is 1. The summed E-state index contributed by atoms with van der Waals surface area (Å²) >= 11 is 0. The molecule has 1 aliphatic rings. The van der Waals surface area contributed by atoms with Crippen LogP contribution in [0.5, 0.6) is 5.75 Å². The fourth-order valence-corrected chi connectivity index (χ4v) is 2.74. The number of guanidine groups is 1. The lowest BCUT2D eigenvalue weighted by Gasteiger charge is -2.15. The van der Waals surface area contributed by atoms with Crippen molar-refractivity contribution in [3.8, 4) is 5.75 Å². The fraction of sp³-hybridized carbons (Fsp3) is 0.600. The molecule has 0 spiro atoms. The van der Waals surface area contributed by atoms with Crippen LogP contribution in [0.4, 0.5) is 0 Å². The van der Waals surface area contributed by atoms with E-state index >= 15 is 0 Å². The molecule has 0 aliphatic carbocycles. The van der Waals surface area contributed by atoms with E-state index < -0.39 is 0 Å². The average molecular weight is 505 g/mol. The Morgan fingerprint density at radius 1 is 1.36 bits per heavy atom. The number of carbonyl (C=O) groups excluding carboxylic acids is 1. The van der Waals surface area contributed by atoms with E-state index in [4.69, 9.17) is 9.47 Å². The van der Waals surface area contributed by atoms with Gasteiger partial charge in [-0.05, 0) is 31.9 Å². The first-order valence-corrected chi connectivity index (χ1v) is 9.51. The van der Waals surface area contributed by atoms with Crippen LogP contribution in [-0.4, -0.2) is 51.9 Å². The molecular weight excluding hydrogens is 473 g/mol. The Kier molecular flexibility index (Phi) is 11.9. The summed E-state index contributed by atoms with van der Waals surface area (Å²) in [6, 6.07) is 6.17. The Bertz CT molecular complexity index is 634. The van der Waals surface area contributed by atoms with E-state index in [9.17, 15) is 4.79 Å². The summed E-state index contributed by atoms with van der Waals surface area (Å²) in [5, 5.41) is 6.33. The number of hydrogen-bond acceptors (Lipinski definition) is 5. The van der Waals surface area contributed by atoms with Crippen LogP contribution >= 0.6 is 24.0 Å². The molecular formula is C20H32IN3O4. The summed E-state index contributed by atoms with van der Waals surface area (Å²) in [7, 11) is 1.39. The average Bonchev–Trinajstić information content (AvgIpc) is 3.18. The fourth-order valence-electron chi connectivity index (χ4n) is 2.74. The van der Waals surface area contributed by atoms with Gasteiger partial charge < -0.3 is 24.8 Å². The van der Waals surface area contributed by atoms with Crippen molar-refractivity contribution >= 4 is 35.9 Å². The first-order valence-electron chi connectivity index (χ1n) is 9.51. The number of nitrogens with zero attached hydrogens (tertiary/aromatic N) is 1. The van der Waals surface area contributed by atoms with Gasteiger partial charge in [0.1, 0.15) is 5.75 Å². The van der Waals surface area contributed by atoms with Crippen molar-refractivity contribution in [3.05, 3.63) is 29.3 Å². The second kappa shape index (κ2) is 13.6. The molecule has 0 aromatic heterocycles. The minimum atomic E-state index is -0.247. The molecule has 0 radical (unpaired) electrons. The van der Waals surface area contributed by atoms with Crippen molar-refractivity contribution in [1.29, 1.82) is 0 Å². The highest BCUT2D eigenvalue weighted by Gasteiger charge is 2.17. The minimum Gasteiger partial charge on any atom is -0.493 e. The number of aryl methyl sites for hydroxylation is 1. The third-order valence-corrected chi connectivity index (χ3v) is 4.32. The van der Waals surface area contributed by atoms with Gasteiger partial charge in [-0.15, -0.1) is 24.0 Å². The van der Waals surface area contributed by atoms with Gasteiger partial charge in [-0.2, -0.15) is 0 Å². The Morgan fingerprint density at radius 3 is 2.86 bits per heavy atom. The number of halogens is 1. The Balaban J connectivity index is 0.00000392. The van der Waals surface area contributed by atoms with Crippen LogP contribution in [-0.2, 0) is 20.8 Å². The monoisotopic (exact) mass is 505 g/mol. The number of carbonyl (C=O) groups is 1. The largest absolute Gasteiger partial charge is 0.493 e.